The highest BCUT2D eigenvalue weighted by Crippen LogP contribution is 2.45. The molecule has 1 aliphatic rings. The second-order valence-electron chi connectivity index (χ2n) is 4.98. The molecule has 0 bridgehead atoms. The molecule has 0 atom stereocenters. The van der Waals surface area contributed by atoms with Crippen LogP contribution in [0, 0.1) is 0 Å². The molecule has 1 fully saturated rings. The zero-order chi connectivity index (χ0) is 16.9. The minimum Gasteiger partial charge on any atom is -0.480 e. The third-order valence-electron chi connectivity index (χ3n) is 3.24. The van der Waals surface area contributed by atoms with E-state index in [9.17, 15) is 4.79 Å². The summed E-state index contributed by atoms with van der Waals surface area (Å²) in [5.41, 5.74) is 1.24. The maximum absolute atomic E-state index is 11.9. The molecule has 24 heavy (non-hydrogen) atoms. The number of thioether (sulfide) groups is 2. The van der Waals surface area contributed by atoms with E-state index in [1.807, 2.05) is 35.7 Å². The van der Waals surface area contributed by atoms with Gasteiger partial charge in [0.25, 0.3) is 0 Å². The zero-order valence-electron chi connectivity index (χ0n) is 12.5. The van der Waals surface area contributed by atoms with Gasteiger partial charge in [0.2, 0.25) is 0 Å². The molecule has 2 aromatic rings. The largest absolute Gasteiger partial charge is 0.480 e. The van der Waals surface area contributed by atoms with Crippen molar-refractivity contribution < 1.29 is 14.3 Å². The van der Waals surface area contributed by atoms with Crippen LogP contribution in [-0.2, 0) is 4.79 Å². The molecule has 0 amide bonds. The van der Waals surface area contributed by atoms with Crippen molar-refractivity contribution in [1.82, 2.24) is 0 Å². The van der Waals surface area contributed by atoms with Crippen LogP contribution in [0.1, 0.15) is 10.1 Å². The van der Waals surface area contributed by atoms with Crippen LogP contribution in [0.2, 0.25) is 10.0 Å². The molecular formula is C17H14Cl2O3S2. The first-order chi connectivity index (χ1) is 11.6. The summed E-state index contributed by atoms with van der Waals surface area (Å²) in [7, 11) is 0. The quantitative estimate of drug-likeness (QED) is 0.491. The Morgan fingerprint density at radius 3 is 2.50 bits per heavy atom. The van der Waals surface area contributed by atoms with Crippen molar-refractivity contribution in [3.8, 4) is 11.5 Å². The summed E-state index contributed by atoms with van der Waals surface area (Å²) in [6.07, 6.45) is 0. The minimum atomic E-state index is -0.497. The number of benzene rings is 2. The van der Waals surface area contributed by atoms with E-state index in [4.69, 9.17) is 32.7 Å². The van der Waals surface area contributed by atoms with Crippen molar-refractivity contribution in [1.29, 1.82) is 0 Å². The van der Waals surface area contributed by atoms with Crippen molar-refractivity contribution >= 4 is 52.7 Å². The first kappa shape index (κ1) is 17.8. The summed E-state index contributed by atoms with van der Waals surface area (Å²) in [6, 6.07) is 12.4. The highest BCUT2D eigenvalue weighted by Gasteiger charge is 2.18. The summed E-state index contributed by atoms with van der Waals surface area (Å²) >= 11 is 15.7. The number of hydrogen-bond donors (Lipinski definition) is 0. The van der Waals surface area contributed by atoms with E-state index < -0.39 is 5.97 Å². The van der Waals surface area contributed by atoms with Gasteiger partial charge in [0.05, 0.1) is 9.60 Å². The van der Waals surface area contributed by atoms with E-state index in [1.54, 1.807) is 30.3 Å². The van der Waals surface area contributed by atoms with Gasteiger partial charge in [-0.2, -0.15) is 0 Å². The number of esters is 1. The maximum Gasteiger partial charge on any atom is 0.349 e. The van der Waals surface area contributed by atoms with Crippen LogP contribution >= 0.6 is 46.7 Å². The van der Waals surface area contributed by atoms with Crippen molar-refractivity contribution in [2.75, 3.05) is 18.1 Å². The minimum absolute atomic E-state index is 0.240. The fourth-order valence-electron chi connectivity index (χ4n) is 2.13. The molecule has 1 aliphatic heterocycles. The lowest BCUT2D eigenvalue weighted by atomic mass is 10.2. The lowest BCUT2D eigenvalue weighted by Crippen LogP contribution is -2.17. The molecule has 0 aromatic heterocycles. The van der Waals surface area contributed by atoms with E-state index in [-0.39, 0.29) is 6.61 Å². The average Bonchev–Trinajstić information content (AvgIpc) is 3.11. The summed E-state index contributed by atoms with van der Waals surface area (Å²) < 4.78 is 11.1. The standard InChI is InChI=1S/C17H14Cl2O3S2/c18-12-3-6-14(19)15(9-12)21-10-16(20)22-13-4-1-11(2-5-13)17-23-7-8-24-17/h1-6,9,17H,7-8,10H2. The van der Waals surface area contributed by atoms with Crippen molar-refractivity contribution in [3.63, 3.8) is 0 Å². The molecule has 0 radical (unpaired) electrons. The molecular weight excluding hydrogens is 387 g/mol. The number of carbonyl (C=O) groups is 1. The van der Waals surface area contributed by atoms with Crippen LogP contribution in [0.15, 0.2) is 42.5 Å². The normalized spacial score (nSPS) is 14.6. The van der Waals surface area contributed by atoms with Crippen LogP contribution < -0.4 is 9.47 Å². The van der Waals surface area contributed by atoms with Gasteiger partial charge in [-0.1, -0.05) is 35.3 Å². The van der Waals surface area contributed by atoms with Gasteiger partial charge < -0.3 is 9.47 Å². The molecule has 0 spiro atoms. The second-order valence-corrected chi connectivity index (χ2v) is 8.55. The Bertz CT molecular complexity index is 716. The van der Waals surface area contributed by atoms with Gasteiger partial charge in [-0.05, 0) is 29.8 Å². The van der Waals surface area contributed by atoms with Gasteiger partial charge >= 0.3 is 5.97 Å². The monoisotopic (exact) mass is 400 g/mol. The third-order valence-corrected chi connectivity index (χ3v) is 6.90. The lowest BCUT2D eigenvalue weighted by Gasteiger charge is -2.10. The Kier molecular flexibility index (Phi) is 6.22. The molecule has 1 saturated heterocycles. The number of ether oxygens (including phenoxy) is 2. The highest BCUT2D eigenvalue weighted by atomic mass is 35.5. The molecule has 126 valence electrons. The number of halogens is 2. The second kappa shape index (κ2) is 8.39. The average molecular weight is 401 g/mol. The lowest BCUT2D eigenvalue weighted by molar-refractivity contribution is -0.136. The van der Waals surface area contributed by atoms with E-state index in [0.29, 0.717) is 26.1 Å². The smallest absolute Gasteiger partial charge is 0.349 e. The SMILES string of the molecule is O=C(COc1cc(Cl)ccc1Cl)Oc1ccc(C2SCCS2)cc1. The molecule has 1 heterocycles. The Morgan fingerprint density at radius 2 is 1.79 bits per heavy atom. The van der Waals surface area contributed by atoms with Crippen LogP contribution in [-0.4, -0.2) is 24.1 Å². The van der Waals surface area contributed by atoms with Crippen LogP contribution in [0.4, 0.5) is 0 Å². The van der Waals surface area contributed by atoms with Crippen molar-refractivity contribution in [3.05, 3.63) is 58.1 Å². The fraction of sp³-hybridized carbons (Fsp3) is 0.235. The van der Waals surface area contributed by atoms with Crippen LogP contribution in [0.25, 0.3) is 0 Å². The van der Waals surface area contributed by atoms with Crippen molar-refractivity contribution in [2.45, 2.75) is 4.58 Å². The van der Waals surface area contributed by atoms with E-state index in [0.717, 1.165) is 0 Å². The Labute approximate surface area is 159 Å². The number of carbonyl (C=O) groups excluding carboxylic acids is 1. The Morgan fingerprint density at radius 1 is 1.08 bits per heavy atom. The van der Waals surface area contributed by atoms with Gasteiger partial charge in [0.1, 0.15) is 11.5 Å². The first-order valence-corrected chi connectivity index (χ1v) is 10.1. The molecule has 0 N–H and O–H groups in total. The molecule has 0 aliphatic carbocycles. The highest BCUT2D eigenvalue weighted by molar-refractivity contribution is 8.19. The summed E-state index contributed by atoms with van der Waals surface area (Å²) in [5.74, 6) is 2.71. The van der Waals surface area contributed by atoms with E-state index in [2.05, 4.69) is 0 Å². The number of hydrogen-bond acceptors (Lipinski definition) is 5. The topological polar surface area (TPSA) is 35.5 Å². The van der Waals surface area contributed by atoms with E-state index >= 15 is 0 Å². The van der Waals surface area contributed by atoms with Gasteiger partial charge in [0, 0.05) is 22.6 Å². The predicted molar refractivity (Wildman–Crippen MR) is 102 cm³/mol. The van der Waals surface area contributed by atoms with Gasteiger partial charge in [-0.3, -0.25) is 0 Å². The van der Waals surface area contributed by atoms with Crippen molar-refractivity contribution in [2.24, 2.45) is 0 Å². The molecule has 7 heteroatoms. The number of rotatable bonds is 5. The van der Waals surface area contributed by atoms with Gasteiger partial charge in [-0.25, -0.2) is 4.79 Å². The fourth-order valence-corrected chi connectivity index (χ4v) is 5.32. The van der Waals surface area contributed by atoms with E-state index in [1.165, 1.54) is 17.1 Å². The third kappa shape index (κ3) is 4.76. The Hall–Kier alpha value is -1.01. The zero-order valence-corrected chi connectivity index (χ0v) is 15.7. The summed E-state index contributed by atoms with van der Waals surface area (Å²) in [5, 5.41) is 0.879. The van der Waals surface area contributed by atoms with Gasteiger partial charge in [-0.15, -0.1) is 23.5 Å². The van der Waals surface area contributed by atoms with Crippen LogP contribution in [0.5, 0.6) is 11.5 Å². The maximum atomic E-state index is 11.9. The summed E-state index contributed by atoms with van der Waals surface area (Å²) in [6.45, 7) is -0.240. The molecule has 3 nitrogen and oxygen atoms in total. The predicted octanol–water partition coefficient (Wildman–Crippen LogP) is 5.46. The molecule has 2 aromatic carbocycles. The van der Waals surface area contributed by atoms with Gasteiger partial charge in [0.15, 0.2) is 6.61 Å². The molecule has 3 rings (SSSR count). The Balaban J connectivity index is 1.53. The first-order valence-electron chi connectivity index (χ1n) is 7.23. The summed E-state index contributed by atoms with van der Waals surface area (Å²) in [4.78, 5) is 11.9. The molecule has 0 saturated carbocycles. The van der Waals surface area contributed by atoms with Crippen LogP contribution in [0.3, 0.4) is 0 Å². The molecule has 0 unspecified atom stereocenters.